The van der Waals surface area contributed by atoms with Crippen molar-refractivity contribution in [3.63, 3.8) is 0 Å². The Balaban J connectivity index is 1.83. The minimum Gasteiger partial charge on any atom is -0.507 e. The molecule has 162 valence electrons. The van der Waals surface area contributed by atoms with Crippen molar-refractivity contribution in [1.29, 1.82) is 0 Å². The fourth-order valence-electron chi connectivity index (χ4n) is 4.27. The second-order valence-electron chi connectivity index (χ2n) is 8.25. The summed E-state index contributed by atoms with van der Waals surface area (Å²) in [6.07, 6.45) is 0. The van der Waals surface area contributed by atoms with E-state index in [0.29, 0.717) is 17.1 Å². The summed E-state index contributed by atoms with van der Waals surface area (Å²) < 4.78 is 1.75. The first-order valence-electron chi connectivity index (χ1n) is 10.6. The van der Waals surface area contributed by atoms with Gasteiger partial charge in [-0.05, 0) is 43.3 Å². The SMILES string of the molecule is Cc1cc(O)c([C@H](c2ccc(Cl)cc2)N2CCN(C)CC2)c(=O)n1Cc1ccccc1. The van der Waals surface area contributed by atoms with E-state index in [2.05, 4.69) is 16.8 Å². The minimum atomic E-state index is -0.332. The Hall–Kier alpha value is -2.60. The van der Waals surface area contributed by atoms with Crippen molar-refractivity contribution in [1.82, 2.24) is 14.4 Å². The molecule has 1 N–H and O–H groups in total. The van der Waals surface area contributed by atoms with E-state index in [1.165, 1.54) is 0 Å². The highest BCUT2D eigenvalue weighted by Crippen LogP contribution is 2.33. The largest absolute Gasteiger partial charge is 0.507 e. The summed E-state index contributed by atoms with van der Waals surface area (Å²) in [5.74, 6) is 0.0469. The zero-order valence-electron chi connectivity index (χ0n) is 18.0. The predicted octanol–water partition coefficient (Wildman–Crippen LogP) is 3.90. The molecule has 1 aromatic heterocycles. The van der Waals surface area contributed by atoms with Gasteiger partial charge in [-0.1, -0.05) is 54.1 Å². The van der Waals surface area contributed by atoms with Crippen LogP contribution in [0.25, 0.3) is 0 Å². The molecule has 1 fully saturated rings. The normalized spacial score (nSPS) is 16.4. The average Bonchev–Trinajstić information content (AvgIpc) is 2.76. The van der Waals surface area contributed by atoms with Crippen LogP contribution in [0.15, 0.2) is 65.5 Å². The Morgan fingerprint density at radius 2 is 1.65 bits per heavy atom. The zero-order valence-corrected chi connectivity index (χ0v) is 18.7. The lowest BCUT2D eigenvalue weighted by atomic mass is 9.96. The highest BCUT2D eigenvalue weighted by Gasteiger charge is 2.30. The highest BCUT2D eigenvalue weighted by molar-refractivity contribution is 6.30. The van der Waals surface area contributed by atoms with Gasteiger partial charge in [0.25, 0.3) is 5.56 Å². The number of halogens is 1. The molecule has 0 saturated carbocycles. The van der Waals surface area contributed by atoms with E-state index in [4.69, 9.17) is 11.6 Å². The number of rotatable bonds is 5. The van der Waals surface area contributed by atoms with Crippen LogP contribution in [0.1, 0.15) is 28.4 Å². The van der Waals surface area contributed by atoms with Crippen LogP contribution >= 0.6 is 11.6 Å². The second kappa shape index (κ2) is 9.27. The molecule has 0 bridgehead atoms. The molecule has 1 aliphatic heterocycles. The van der Waals surface area contributed by atoms with Crippen LogP contribution in [-0.4, -0.2) is 52.7 Å². The summed E-state index contributed by atoms with van der Waals surface area (Å²) in [4.78, 5) is 18.3. The van der Waals surface area contributed by atoms with Gasteiger partial charge in [0.15, 0.2) is 0 Å². The molecule has 1 aliphatic rings. The molecule has 31 heavy (non-hydrogen) atoms. The molecular weight excluding hydrogens is 410 g/mol. The predicted molar refractivity (Wildman–Crippen MR) is 125 cm³/mol. The molecule has 0 radical (unpaired) electrons. The van der Waals surface area contributed by atoms with E-state index in [1.54, 1.807) is 10.6 Å². The number of aryl methyl sites for hydroxylation is 1. The van der Waals surface area contributed by atoms with Gasteiger partial charge in [-0.25, -0.2) is 0 Å². The van der Waals surface area contributed by atoms with Gasteiger partial charge >= 0.3 is 0 Å². The molecule has 0 unspecified atom stereocenters. The monoisotopic (exact) mass is 437 g/mol. The molecule has 4 rings (SSSR count). The Bertz CT molecular complexity index is 1090. The molecule has 0 aliphatic carbocycles. The molecule has 0 spiro atoms. The van der Waals surface area contributed by atoms with Gasteiger partial charge in [0.2, 0.25) is 0 Å². The Morgan fingerprint density at radius 1 is 1.00 bits per heavy atom. The standard InChI is InChI=1S/C25H28ClN3O2/c1-18-16-22(30)23(25(31)29(18)17-19-6-4-3-5-7-19)24(20-8-10-21(26)11-9-20)28-14-12-27(2)13-15-28/h3-11,16,24,30H,12-15,17H2,1-2H3/t24-/m0/s1. The fraction of sp³-hybridized carbons (Fsp3) is 0.320. The zero-order chi connectivity index (χ0) is 22.0. The van der Waals surface area contributed by atoms with Crippen LogP contribution in [0.4, 0.5) is 0 Å². The Labute approximate surface area is 188 Å². The van der Waals surface area contributed by atoms with Crippen LogP contribution in [0.3, 0.4) is 0 Å². The lowest BCUT2D eigenvalue weighted by molar-refractivity contribution is 0.125. The Kier molecular flexibility index (Phi) is 6.46. The average molecular weight is 438 g/mol. The van der Waals surface area contributed by atoms with Crippen molar-refractivity contribution in [2.45, 2.75) is 19.5 Å². The summed E-state index contributed by atoms with van der Waals surface area (Å²) in [5.41, 5.74) is 3.01. The summed E-state index contributed by atoms with van der Waals surface area (Å²) >= 11 is 6.13. The van der Waals surface area contributed by atoms with Crippen molar-refractivity contribution < 1.29 is 5.11 Å². The quantitative estimate of drug-likeness (QED) is 0.657. The van der Waals surface area contributed by atoms with Crippen LogP contribution in [0.2, 0.25) is 5.02 Å². The van der Waals surface area contributed by atoms with Gasteiger partial charge < -0.3 is 14.6 Å². The third kappa shape index (κ3) is 4.69. The highest BCUT2D eigenvalue weighted by atomic mass is 35.5. The Morgan fingerprint density at radius 3 is 2.29 bits per heavy atom. The number of hydrogen-bond donors (Lipinski definition) is 1. The lowest BCUT2D eigenvalue weighted by Gasteiger charge is -2.38. The number of aromatic nitrogens is 1. The number of likely N-dealkylation sites (N-methyl/N-ethyl adjacent to an activating group) is 1. The third-order valence-corrected chi connectivity index (χ3v) is 6.32. The number of nitrogens with zero attached hydrogens (tertiary/aromatic N) is 3. The first-order valence-corrected chi connectivity index (χ1v) is 11.0. The summed E-state index contributed by atoms with van der Waals surface area (Å²) in [7, 11) is 2.10. The molecule has 6 heteroatoms. The summed E-state index contributed by atoms with van der Waals surface area (Å²) in [5, 5.41) is 11.6. The van der Waals surface area contributed by atoms with Crippen LogP contribution in [0.5, 0.6) is 5.75 Å². The molecule has 3 aromatic rings. The van der Waals surface area contributed by atoms with Gasteiger partial charge in [0.05, 0.1) is 18.2 Å². The molecule has 1 atom stereocenters. The maximum absolute atomic E-state index is 13.7. The minimum absolute atomic E-state index is 0.0469. The first kappa shape index (κ1) is 21.6. The number of piperazine rings is 1. The topological polar surface area (TPSA) is 48.7 Å². The molecule has 2 aromatic carbocycles. The van der Waals surface area contributed by atoms with Crippen LogP contribution < -0.4 is 5.56 Å². The van der Waals surface area contributed by atoms with Gasteiger partial charge in [-0.15, -0.1) is 0 Å². The van der Waals surface area contributed by atoms with Crippen molar-refractivity contribution >= 4 is 11.6 Å². The van der Waals surface area contributed by atoms with Gasteiger partial charge in [0, 0.05) is 36.9 Å². The smallest absolute Gasteiger partial charge is 0.259 e. The van der Waals surface area contributed by atoms with Crippen molar-refractivity contribution in [3.8, 4) is 5.75 Å². The maximum Gasteiger partial charge on any atom is 0.259 e. The van der Waals surface area contributed by atoms with E-state index >= 15 is 0 Å². The first-order chi connectivity index (χ1) is 14.9. The molecule has 1 saturated heterocycles. The number of benzene rings is 2. The van der Waals surface area contributed by atoms with Crippen LogP contribution in [0, 0.1) is 6.92 Å². The number of pyridine rings is 1. The summed E-state index contributed by atoms with van der Waals surface area (Å²) in [6.45, 7) is 5.78. The molecule has 5 nitrogen and oxygen atoms in total. The number of aromatic hydroxyl groups is 1. The van der Waals surface area contributed by atoms with E-state index in [1.807, 2.05) is 61.5 Å². The summed E-state index contributed by atoms with van der Waals surface area (Å²) in [6, 6.07) is 18.9. The van der Waals surface area contributed by atoms with E-state index < -0.39 is 0 Å². The third-order valence-electron chi connectivity index (χ3n) is 6.07. The molecular formula is C25H28ClN3O2. The fourth-order valence-corrected chi connectivity index (χ4v) is 4.40. The maximum atomic E-state index is 13.7. The molecule has 0 amide bonds. The molecule has 2 heterocycles. The van der Waals surface area contributed by atoms with Crippen molar-refractivity contribution in [3.05, 3.63) is 98.4 Å². The van der Waals surface area contributed by atoms with E-state index in [9.17, 15) is 9.90 Å². The van der Waals surface area contributed by atoms with Crippen molar-refractivity contribution in [2.24, 2.45) is 0 Å². The van der Waals surface area contributed by atoms with Gasteiger partial charge in [-0.2, -0.15) is 0 Å². The van der Waals surface area contributed by atoms with Gasteiger partial charge in [0.1, 0.15) is 5.75 Å². The van der Waals surface area contributed by atoms with E-state index in [0.717, 1.165) is 43.0 Å². The van der Waals surface area contributed by atoms with Gasteiger partial charge in [-0.3, -0.25) is 9.69 Å². The van der Waals surface area contributed by atoms with Crippen LogP contribution in [-0.2, 0) is 6.54 Å². The second-order valence-corrected chi connectivity index (χ2v) is 8.69. The number of hydrogen-bond acceptors (Lipinski definition) is 4. The van der Waals surface area contributed by atoms with E-state index in [-0.39, 0.29) is 17.4 Å². The van der Waals surface area contributed by atoms with Crippen molar-refractivity contribution in [2.75, 3.05) is 33.2 Å². The lowest BCUT2D eigenvalue weighted by Crippen LogP contribution is -2.47.